The van der Waals surface area contributed by atoms with Crippen molar-refractivity contribution in [3.63, 3.8) is 0 Å². The topological polar surface area (TPSA) is 70.2 Å². The predicted octanol–water partition coefficient (Wildman–Crippen LogP) is 6.89. The van der Waals surface area contributed by atoms with Crippen LogP contribution >= 0.6 is 0 Å². The van der Waals surface area contributed by atoms with Crippen LogP contribution in [0.2, 0.25) is 0 Å². The van der Waals surface area contributed by atoms with E-state index in [0.717, 1.165) is 50.4 Å². The van der Waals surface area contributed by atoms with E-state index >= 15 is 0 Å². The van der Waals surface area contributed by atoms with E-state index in [1.165, 1.54) is 5.39 Å². The van der Waals surface area contributed by atoms with Crippen LogP contribution in [0.4, 0.5) is 0 Å². The Hall–Kier alpha value is -4.25. The van der Waals surface area contributed by atoms with Crippen LogP contribution in [0.3, 0.4) is 0 Å². The fourth-order valence-corrected chi connectivity index (χ4v) is 3.96. The summed E-state index contributed by atoms with van der Waals surface area (Å²) in [5.41, 5.74) is 8.92. The van der Waals surface area contributed by atoms with Gasteiger partial charge in [0.1, 0.15) is 0 Å². The van der Waals surface area contributed by atoms with E-state index < -0.39 is 0 Å². The number of benzene rings is 1. The Morgan fingerprint density at radius 1 is 0.486 bits per heavy atom. The second-order valence-electron chi connectivity index (χ2n) is 8.10. The minimum Gasteiger partial charge on any atom is -0.355 e. The number of hydrogen-bond donors (Lipinski definition) is 2. The van der Waals surface area contributed by atoms with Crippen molar-refractivity contribution in [3.8, 4) is 0 Å². The van der Waals surface area contributed by atoms with Crippen molar-refractivity contribution in [1.29, 1.82) is 0 Å². The van der Waals surface area contributed by atoms with Crippen molar-refractivity contribution in [2.24, 2.45) is 0 Å². The molecule has 35 heavy (non-hydrogen) atoms. The molecule has 0 amide bonds. The molecule has 0 fully saturated rings. The summed E-state index contributed by atoms with van der Waals surface area (Å²) in [4.78, 5) is 20.2. The van der Waals surface area contributed by atoms with E-state index in [9.17, 15) is 0 Å². The van der Waals surface area contributed by atoms with E-state index in [1.807, 2.05) is 73.0 Å². The molecule has 5 aromatic rings. The summed E-state index contributed by atoms with van der Waals surface area (Å²) < 4.78 is 0. The number of para-hydroxylation sites is 1. The van der Waals surface area contributed by atoms with Gasteiger partial charge in [-0.25, -0.2) is 9.97 Å². The van der Waals surface area contributed by atoms with Gasteiger partial charge in [0.05, 0.1) is 28.3 Å². The maximum Gasteiger partial charge on any atom is 0.0701 e. The number of rotatable bonds is 0. The summed E-state index contributed by atoms with van der Waals surface area (Å²) in [6, 6.07) is 28.5. The first-order valence-corrected chi connectivity index (χ1v) is 11.1. The van der Waals surface area contributed by atoms with Crippen molar-refractivity contribution in [2.45, 2.75) is 0 Å². The molecule has 0 unspecified atom stereocenters. The molecular weight excluding hydrogens is 482 g/mol. The van der Waals surface area contributed by atoms with Crippen molar-refractivity contribution >= 4 is 57.3 Å². The number of nitrogens with one attached hydrogen (secondary N) is 2. The predicted molar refractivity (Wildman–Crippen MR) is 141 cm³/mol. The van der Waals surface area contributed by atoms with Gasteiger partial charge in [0, 0.05) is 50.7 Å². The minimum atomic E-state index is 0. The minimum absolute atomic E-state index is 0. The van der Waals surface area contributed by atoms with E-state index in [0.29, 0.717) is 0 Å². The molecule has 5 nitrogen and oxygen atoms in total. The molecule has 0 saturated carbocycles. The monoisotopic (exact) mass is 502 g/mol. The zero-order valence-corrected chi connectivity index (χ0v) is 19.6. The molecule has 2 aliphatic heterocycles. The van der Waals surface area contributed by atoms with Crippen molar-refractivity contribution in [3.05, 3.63) is 114 Å². The average Bonchev–Trinajstić information content (AvgIpc) is 3.66. The van der Waals surface area contributed by atoms with Crippen molar-refractivity contribution in [2.75, 3.05) is 0 Å². The van der Waals surface area contributed by atoms with Crippen molar-refractivity contribution < 1.29 is 17.1 Å². The average molecular weight is 503 g/mol. The van der Waals surface area contributed by atoms with Crippen LogP contribution in [0, 0.1) is 0 Å². The standard InChI is InChI=1S/C20H14N4.C9H7N.Cu/c1-2-14-10-16-5-6-18(23-16)12-20-8-7-19(24-20)11-17-4-3-15(22-17)9-13(1)21-14;1-2-6-9-8(4-1)5-3-7-10-9;/h1-12,21-22H;1-7H;. The smallest absolute Gasteiger partial charge is 0.0701 e. The molecule has 0 saturated heterocycles. The fraction of sp³-hybridized carbons (Fsp3) is 0. The molecule has 0 atom stereocenters. The summed E-state index contributed by atoms with van der Waals surface area (Å²) in [7, 11) is 0. The van der Waals surface area contributed by atoms with Crippen LogP contribution < -0.4 is 0 Å². The number of aromatic nitrogens is 5. The first kappa shape index (κ1) is 22.5. The zero-order chi connectivity index (χ0) is 22.7. The molecule has 0 spiro atoms. The molecule has 6 heteroatoms. The van der Waals surface area contributed by atoms with Gasteiger partial charge in [0.15, 0.2) is 0 Å². The first-order chi connectivity index (χ1) is 16.8. The Balaban J connectivity index is 0.000000194. The quantitative estimate of drug-likeness (QED) is 0.222. The molecule has 2 aliphatic rings. The van der Waals surface area contributed by atoms with Gasteiger partial charge in [-0.15, -0.1) is 0 Å². The Morgan fingerprint density at radius 3 is 1.54 bits per heavy atom. The Morgan fingerprint density at radius 2 is 0.971 bits per heavy atom. The van der Waals surface area contributed by atoms with E-state index in [2.05, 4.69) is 67.4 Å². The van der Waals surface area contributed by atoms with E-state index in [-0.39, 0.29) is 17.1 Å². The number of nitrogens with zero attached hydrogens (tertiary/aromatic N) is 3. The van der Waals surface area contributed by atoms with Gasteiger partial charge in [0.25, 0.3) is 0 Å². The van der Waals surface area contributed by atoms with Crippen LogP contribution in [0.15, 0.2) is 91.1 Å². The van der Waals surface area contributed by atoms with Crippen LogP contribution in [0.5, 0.6) is 0 Å². The molecule has 8 bridgehead atoms. The molecular formula is C29H21CuN5. The number of fused-ring (bicyclic) bond motifs is 9. The third-order valence-electron chi connectivity index (χ3n) is 5.55. The van der Waals surface area contributed by atoms with Gasteiger partial charge >= 0.3 is 0 Å². The van der Waals surface area contributed by atoms with Gasteiger partial charge in [-0.2, -0.15) is 0 Å². The molecule has 1 radical (unpaired) electrons. The van der Waals surface area contributed by atoms with Gasteiger partial charge in [0.2, 0.25) is 0 Å². The second kappa shape index (κ2) is 9.93. The van der Waals surface area contributed by atoms with Crippen molar-refractivity contribution in [1.82, 2.24) is 24.9 Å². The van der Waals surface area contributed by atoms with E-state index in [1.54, 1.807) is 0 Å². The number of aromatic amines is 2. The fourth-order valence-electron chi connectivity index (χ4n) is 3.96. The number of H-pyrrole nitrogens is 2. The zero-order valence-electron chi connectivity index (χ0n) is 18.6. The molecule has 2 N–H and O–H groups in total. The van der Waals surface area contributed by atoms with Crippen LogP contribution in [0.25, 0.3) is 57.3 Å². The maximum atomic E-state index is 4.62. The van der Waals surface area contributed by atoms with Gasteiger partial charge in [-0.3, -0.25) is 4.98 Å². The third-order valence-corrected chi connectivity index (χ3v) is 5.55. The summed E-state index contributed by atoms with van der Waals surface area (Å²) in [6.45, 7) is 0. The molecule has 173 valence electrons. The van der Waals surface area contributed by atoms with Crippen LogP contribution in [-0.4, -0.2) is 24.9 Å². The summed E-state index contributed by atoms with van der Waals surface area (Å²) in [5.74, 6) is 0. The Labute approximate surface area is 212 Å². The molecule has 0 aliphatic carbocycles. The summed E-state index contributed by atoms with van der Waals surface area (Å²) in [5, 5.41) is 1.20. The maximum absolute atomic E-state index is 4.62. The molecule has 6 heterocycles. The number of hydrogen-bond acceptors (Lipinski definition) is 3. The first-order valence-electron chi connectivity index (χ1n) is 11.1. The summed E-state index contributed by atoms with van der Waals surface area (Å²) >= 11 is 0. The van der Waals surface area contributed by atoms with Crippen LogP contribution in [-0.2, 0) is 17.1 Å². The third kappa shape index (κ3) is 5.30. The number of pyridine rings is 1. The van der Waals surface area contributed by atoms with Gasteiger partial charge in [-0.1, -0.05) is 24.3 Å². The van der Waals surface area contributed by atoms with Gasteiger partial charge in [-0.05, 0) is 85.0 Å². The molecule has 4 aromatic heterocycles. The van der Waals surface area contributed by atoms with Gasteiger partial charge < -0.3 is 9.97 Å². The Bertz CT molecular complexity index is 1570. The van der Waals surface area contributed by atoms with E-state index in [4.69, 9.17) is 0 Å². The second-order valence-corrected chi connectivity index (χ2v) is 8.10. The molecule has 7 rings (SSSR count). The largest absolute Gasteiger partial charge is 0.355 e. The summed E-state index contributed by atoms with van der Waals surface area (Å²) in [6.07, 6.45) is 9.86. The Kier molecular flexibility index (Phi) is 6.40. The van der Waals surface area contributed by atoms with Crippen LogP contribution in [0.1, 0.15) is 22.8 Å². The normalized spacial score (nSPS) is 11.5. The SMILES string of the molecule is C1=Cc2cc3ccc(cc4ccc(cc5nc(cc1n2)C=C5)[nH]4)[nH]3.[Cu].c1ccc2ncccc2c1. The molecule has 1 aromatic carbocycles.